The molecular formula is C10H13BrFN. The monoisotopic (exact) mass is 245 g/mol. The standard InChI is InChI=1S/C10H13BrFN/c1-10(2,6-13)8-4-3-7(11)5-9(8)12/h3-5H,6,13H2,1-2H3. The van der Waals surface area contributed by atoms with E-state index in [0.29, 0.717) is 12.1 Å². The van der Waals surface area contributed by atoms with E-state index < -0.39 is 0 Å². The smallest absolute Gasteiger partial charge is 0.128 e. The fourth-order valence-corrected chi connectivity index (χ4v) is 1.48. The second kappa shape index (κ2) is 3.76. The molecule has 0 bridgehead atoms. The zero-order valence-corrected chi connectivity index (χ0v) is 9.36. The minimum Gasteiger partial charge on any atom is -0.330 e. The summed E-state index contributed by atoms with van der Waals surface area (Å²) in [5.41, 5.74) is 5.93. The van der Waals surface area contributed by atoms with Crippen molar-refractivity contribution >= 4 is 15.9 Å². The Morgan fingerprint density at radius 1 is 1.46 bits per heavy atom. The summed E-state index contributed by atoms with van der Waals surface area (Å²) in [6.07, 6.45) is 0. The molecule has 0 aromatic heterocycles. The SMILES string of the molecule is CC(C)(CN)c1ccc(Br)cc1F. The van der Waals surface area contributed by atoms with Crippen molar-refractivity contribution in [2.24, 2.45) is 5.73 Å². The maximum Gasteiger partial charge on any atom is 0.128 e. The zero-order chi connectivity index (χ0) is 10.1. The van der Waals surface area contributed by atoms with Crippen LogP contribution in [0, 0.1) is 5.82 Å². The summed E-state index contributed by atoms with van der Waals surface area (Å²) in [4.78, 5) is 0. The highest BCUT2D eigenvalue weighted by molar-refractivity contribution is 9.10. The molecule has 3 heteroatoms. The number of halogens is 2. The van der Waals surface area contributed by atoms with E-state index >= 15 is 0 Å². The molecule has 1 nitrogen and oxygen atoms in total. The van der Waals surface area contributed by atoms with Crippen molar-refractivity contribution in [3.63, 3.8) is 0 Å². The van der Waals surface area contributed by atoms with Gasteiger partial charge in [0, 0.05) is 16.4 Å². The first-order chi connectivity index (χ1) is 5.97. The van der Waals surface area contributed by atoms with E-state index in [2.05, 4.69) is 15.9 Å². The average molecular weight is 246 g/mol. The lowest BCUT2D eigenvalue weighted by Gasteiger charge is -2.23. The second-order valence-electron chi connectivity index (χ2n) is 3.71. The van der Waals surface area contributed by atoms with Gasteiger partial charge in [0.1, 0.15) is 5.82 Å². The number of benzene rings is 1. The third-order valence-corrected chi connectivity index (χ3v) is 2.66. The normalized spacial score (nSPS) is 11.8. The van der Waals surface area contributed by atoms with E-state index in [-0.39, 0.29) is 11.2 Å². The molecule has 0 heterocycles. The van der Waals surface area contributed by atoms with E-state index in [1.54, 1.807) is 6.07 Å². The summed E-state index contributed by atoms with van der Waals surface area (Å²) in [5, 5.41) is 0. The first-order valence-electron chi connectivity index (χ1n) is 4.13. The van der Waals surface area contributed by atoms with Crippen LogP contribution in [0.3, 0.4) is 0 Å². The molecule has 0 saturated heterocycles. The molecule has 0 aliphatic carbocycles. The second-order valence-corrected chi connectivity index (χ2v) is 4.63. The van der Waals surface area contributed by atoms with Crippen LogP contribution in [-0.4, -0.2) is 6.54 Å². The number of hydrogen-bond donors (Lipinski definition) is 1. The number of rotatable bonds is 2. The van der Waals surface area contributed by atoms with Gasteiger partial charge in [0.15, 0.2) is 0 Å². The summed E-state index contributed by atoms with van der Waals surface area (Å²) in [5.74, 6) is -0.204. The van der Waals surface area contributed by atoms with Gasteiger partial charge in [-0.1, -0.05) is 35.8 Å². The third kappa shape index (κ3) is 2.29. The minimum absolute atomic E-state index is 0.204. The lowest BCUT2D eigenvalue weighted by atomic mass is 9.84. The van der Waals surface area contributed by atoms with Crippen molar-refractivity contribution in [1.29, 1.82) is 0 Å². The molecule has 0 aliphatic heterocycles. The van der Waals surface area contributed by atoms with Crippen molar-refractivity contribution in [2.75, 3.05) is 6.54 Å². The quantitative estimate of drug-likeness (QED) is 0.853. The molecular weight excluding hydrogens is 233 g/mol. The molecule has 13 heavy (non-hydrogen) atoms. The Balaban J connectivity index is 3.16. The van der Waals surface area contributed by atoms with Crippen LogP contribution < -0.4 is 5.73 Å². The van der Waals surface area contributed by atoms with Gasteiger partial charge in [-0.2, -0.15) is 0 Å². The molecule has 1 rings (SSSR count). The largest absolute Gasteiger partial charge is 0.330 e. The zero-order valence-electron chi connectivity index (χ0n) is 7.77. The summed E-state index contributed by atoms with van der Waals surface area (Å²) >= 11 is 3.21. The molecule has 0 unspecified atom stereocenters. The highest BCUT2D eigenvalue weighted by atomic mass is 79.9. The Morgan fingerprint density at radius 2 is 2.08 bits per heavy atom. The molecule has 0 aliphatic rings. The van der Waals surface area contributed by atoms with E-state index in [4.69, 9.17) is 5.73 Å². The van der Waals surface area contributed by atoms with E-state index in [1.807, 2.05) is 19.9 Å². The first kappa shape index (κ1) is 10.7. The maximum absolute atomic E-state index is 13.4. The van der Waals surface area contributed by atoms with Crippen LogP contribution in [0.15, 0.2) is 22.7 Å². The van der Waals surface area contributed by atoms with E-state index in [0.717, 1.165) is 4.47 Å². The summed E-state index contributed by atoms with van der Waals surface area (Å²) < 4.78 is 14.2. The molecule has 1 aromatic carbocycles. The highest BCUT2D eigenvalue weighted by Crippen LogP contribution is 2.26. The molecule has 0 radical (unpaired) electrons. The highest BCUT2D eigenvalue weighted by Gasteiger charge is 2.22. The molecule has 0 fully saturated rings. The predicted octanol–water partition coefficient (Wildman–Crippen LogP) is 2.82. The van der Waals surface area contributed by atoms with Crippen molar-refractivity contribution < 1.29 is 4.39 Å². The van der Waals surface area contributed by atoms with Gasteiger partial charge in [0.05, 0.1) is 0 Å². The summed E-state index contributed by atoms with van der Waals surface area (Å²) in [6.45, 7) is 4.30. The van der Waals surface area contributed by atoms with Gasteiger partial charge in [-0.05, 0) is 17.7 Å². The molecule has 1 aromatic rings. The average Bonchev–Trinajstić information content (AvgIpc) is 2.03. The van der Waals surface area contributed by atoms with Crippen LogP contribution >= 0.6 is 15.9 Å². The van der Waals surface area contributed by atoms with Gasteiger partial charge >= 0.3 is 0 Å². The van der Waals surface area contributed by atoms with Gasteiger partial charge in [-0.15, -0.1) is 0 Å². The van der Waals surface area contributed by atoms with Gasteiger partial charge in [0.25, 0.3) is 0 Å². The molecule has 0 amide bonds. The lowest BCUT2D eigenvalue weighted by molar-refractivity contribution is 0.492. The fraction of sp³-hybridized carbons (Fsp3) is 0.400. The van der Waals surface area contributed by atoms with Crippen LogP contribution in [0.2, 0.25) is 0 Å². The van der Waals surface area contributed by atoms with Crippen molar-refractivity contribution in [3.8, 4) is 0 Å². The van der Waals surface area contributed by atoms with Crippen LogP contribution in [0.1, 0.15) is 19.4 Å². The summed E-state index contributed by atoms with van der Waals surface area (Å²) in [6, 6.07) is 5.06. The predicted molar refractivity (Wildman–Crippen MR) is 56.2 cm³/mol. The summed E-state index contributed by atoms with van der Waals surface area (Å²) in [7, 11) is 0. The van der Waals surface area contributed by atoms with Crippen LogP contribution in [0.5, 0.6) is 0 Å². The van der Waals surface area contributed by atoms with Crippen molar-refractivity contribution in [1.82, 2.24) is 0 Å². The Morgan fingerprint density at radius 3 is 2.54 bits per heavy atom. The number of nitrogens with two attached hydrogens (primary N) is 1. The van der Waals surface area contributed by atoms with Gasteiger partial charge in [-0.25, -0.2) is 4.39 Å². The van der Waals surface area contributed by atoms with Crippen molar-refractivity contribution in [2.45, 2.75) is 19.3 Å². The Kier molecular flexibility index (Phi) is 3.09. The van der Waals surface area contributed by atoms with Gasteiger partial charge in [-0.3, -0.25) is 0 Å². The minimum atomic E-state index is -0.301. The fourth-order valence-electron chi connectivity index (χ4n) is 1.15. The van der Waals surface area contributed by atoms with E-state index in [1.165, 1.54) is 6.07 Å². The Bertz CT molecular complexity index is 310. The van der Waals surface area contributed by atoms with Crippen LogP contribution in [-0.2, 0) is 5.41 Å². The molecule has 2 N–H and O–H groups in total. The molecule has 0 atom stereocenters. The number of hydrogen-bond acceptors (Lipinski definition) is 1. The van der Waals surface area contributed by atoms with Crippen LogP contribution in [0.4, 0.5) is 4.39 Å². The van der Waals surface area contributed by atoms with Crippen LogP contribution in [0.25, 0.3) is 0 Å². The topological polar surface area (TPSA) is 26.0 Å². The van der Waals surface area contributed by atoms with Gasteiger partial charge in [0.2, 0.25) is 0 Å². The Hall–Kier alpha value is -0.410. The third-order valence-electron chi connectivity index (χ3n) is 2.17. The van der Waals surface area contributed by atoms with Crippen molar-refractivity contribution in [3.05, 3.63) is 34.1 Å². The molecule has 0 spiro atoms. The first-order valence-corrected chi connectivity index (χ1v) is 4.92. The lowest BCUT2D eigenvalue weighted by Crippen LogP contribution is -2.29. The van der Waals surface area contributed by atoms with E-state index in [9.17, 15) is 4.39 Å². The maximum atomic E-state index is 13.4. The molecule has 72 valence electrons. The Labute approximate surface area is 86.3 Å². The van der Waals surface area contributed by atoms with Gasteiger partial charge < -0.3 is 5.73 Å². The molecule has 0 saturated carbocycles.